The predicted molar refractivity (Wildman–Crippen MR) is 46.9 cm³/mol. The highest BCUT2D eigenvalue weighted by Crippen LogP contribution is 2.09. The third-order valence-corrected chi connectivity index (χ3v) is 2.52. The number of hydrogen-bond acceptors (Lipinski definition) is 4. The summed E-state index contributed by atoms with van der Waals surface area (Å²) in [4.78, 5) is 4.11. The Morgan fingerprint density at radius 1 is 1.42 bits per heavy atom. The summed E-state index contributed by atoms with van der Waals surface area (Å²) in [5, 5.41) is 2.80. The lowest BCUT2D eigenvalue weighted by atomic mass is 10.5. The molecule has 0 aliphatic rings. The zero-order chi connectivity index (χ0) is 9.19. The van der Waals surface area contributed by atoms with Crippen LogP contribution in [0.2, 0.25) is 0 Å². The molecule has 0 saturated heterocycles. The first-order chi connectivity index (χ1) is 5.54. The molecule has 12 heavy (non-hydrogen) atoms. The Morgan fingerprint density at radius 3 is 2.42 bits per heavy atom. The molecule has 1 heterocycles. The monoisotopic (exact) mass is 186 g/mol. The Morgan fingerprint density at radius 2 is 2.08 bits per heavy atom. The van der Waals surface area contributed by atoms with E-state index in [1.165, 1.54) is 12.3 Å². The maximum Gasteiger partial charge on any atom is 0.177 e. The minimum atomic E-state index is -3.12. The van der Waals surface area contributed by atoms with E-state index < -0.39 is 9.84 Å². The topological polar surface area (TPSA) is 59.1 Å². The van der Waals surface area contributed by atoms with Crippen LogP contribution in [0.4, 0.5) is 5.82 Å². The Labute approximate surface area is 71.6 Å². The van der Waals surface area contributed by atoms with Gasteiger partial charge in [0.2, 0.25) is 0 Å². The number of anilines is 1. The molecule has 66 valence electrons. The van der Waals surface area contributed by atoms with Gasteiger partial charge in [-0.3, -0.25) is 0 Å². The fourth-order valence-electron chi connectivity index (χ4n) is 0.748. The normalized spacial score (nSPS) is 11.2. The lowest BCUT2D eigenvalue weighted by Crippen LogP contribution is -1.99. The average molecular weight is 186 g/mol. The fourth-order valence-corrected chi connectivity index (χ4v) is 1.31. The van der Waals surface area contributed by atoms with Crippen LogP contribution in [0.5, 0.6) is 0 Å². The maximum atomic E-state index is 11.0. The van der Waals surface area contributed by atoms with E-state index >= 15 is 0 Å². The Hall–Kier alpha value is -1.10. The van der Waals surface area contributed by atoms with Gasteiger partial charge in [0.05, 0.1) is 4.90 Å². The summed E-state index contributed by atoms with van der Waals surface area (Å²) in [6.45, 7) is 0. The molecule has 0 atom stereocenters. The van der Waals surface area contributed by atoms with E-state index in [0.29, 0.717) is 5.82 Å². The van der Waals surface area contributed by atoms with Gasteiger partial charge in [0.25, 0.3) is 0 Å². The van der Waals surface area contributed by atoms with Crippen LogP contribution in [0.15, 0.2) is 23.2 Å². The molecule has 1 N–H and O–H groups in total. The van der Waals surface area contributed by atoms with Gasteiger partial charge in [-0.05, 0) is 12.1 Å². The lowest BCUT2D eigenvalue weighted by Gasteiger charge is -1.99. The number of sulfone groups is 1. The van der Waals surface area contributed by atoms with Crippen LogP contribution in [0.1, 0.15) is 0 Å². The first-order valence-corrected chi connectivity index (χ1v) is 5.27. The van der Waals surface area contributed by atoms with E-state index in [-0.39, 0.29) is 4.90 Å². The van der Waals surface area contributed by atoms with Crippen LogP contribution in [0.25, 0.3) is 0 Å². The summed E-state index contributed by atoms with van der Waals surface area (Å²) >= 11 is 0. The number of pyridine rings is 1. The molecule has 1 aromatic rings. The molecule has 1 rings (SSSR count). The first kappa shape index (κ1) is 8.99. The van der Waals surface area contributed by atoms with Crippen molar-refractivity contribution in [3.63, 3.8) is 0 Å². The van der Waals surface area contributed by atoms with E-state index in [0.717, 1.165) is 6.26 Å². The van der Waals surface area contributed by atoms with Crippen LogP contribution in [-0.2, 0) is 9.84 Å². The van der Waals surface area contributed by atoms with Crippen molar-refractivity contribution in [3.05, 3.63) is 18.3 Å². The molecular formula is C7H10N2O2S. The molecule has 0 radical (unpaired) electrons. The number of nitrogens with one attached hydrogen (secondary N) is 1. The Bertz CT molecular complexity index is 355. The van der Waals surface area contributed by atoms with Crippen LogP contribution in [0, 0.1) is 0 Å². The summed E-state index contributed by atoms with van der Waals surface area (Å²) in [6, 6.07) is 3.14. The SMILES string of the molecule is CNc1ccc(S(C)(=O)=O)cn1. The lowest BCUT2D eigenvalue weighted by molar-refractivity contribution is 0.601. The quantitative estimate of drug-likeness (QED) is 0.731. The van der Waals surface area contributed by atoms with Gasteiger partial charge in [-0.25, -0.2) is 13.4 Å². The van der Waals surface area contributed by atoms with Crippen LogP contribution < -0.4 is 5.32 Å². The molecule has 5 heteroatoms. The number of hydrogen-bond donors (Lipinski definition) is 1. The third kappa shape index (κ3) is 1.94. The standard InChI is InChI=1S/C7H10N2O2S/c1-8-7-4-3-6(5-9-7)12(2,10)11/h3-5H,1-2H3,(H,8,9). The van der Waals surface area contributed by atoms with Crippen molar-refractivity contribution < 1.29 is 8.42 Å². The van der Waals surface area contributed by atoms with Gasteiger partial charge in [-0.1, -0.05) is 0 Å². The maximum absolute atomic E-state index is 11.0. The largest absolute Gasteiger partial charge is 0.373 e. The summed E-state index contributed by atoms with van der Waals surface area (Å²) < 4.78 is 21.9. The van der Waals surface area contributed by atoms with E-state index in [1.807, 2.05) is 0 Å². The van der Waals surface area contributed by atoms with Gasteiger partial charge in [-0.15, -0.1) is 0 Å². The molecule has 0 aliphatic carbocycles. The molecule has 0 aliphatic heterocycles. The van der Waals surface area contributed by atoms with Gasteiger partial charge in [0.1, 0.15) is 5.82 Å². The molecule has 0 amide bonds. The summed E-state index contributed by atoms with van der Waals surface area (Å²) in [7, 11) is -1.39. The van der Waals surface area contributed by atoms with Crippen LogP contribution in [0.3, 0.4) is 0 Å². The number of nitrogens with zero attached hydrogens (tertiary/aromatic N) is 1. The molecular weight excluding hydrogens is 176 g/mol. The van der Waals surface area contributed by atoms with Crippen molar-refractivity contribution in [3.8, 4) is 0 Å². The van der Waals surface area contributed by atoms with Crippen molar-refractivity contribution in [2.24, 2.45) is 0 Å². The van der Waals surface area contributed by atoms with Gasteiger partial charge < -0.3 is 5.32 Å². The predicted octanol–water partition coefficient (Wildman–Crippen LogP) is 0.527. The van der Waals surface area contributed by atoms with E-state index in [1.54, 1.807) is 13.1 Å². The van der Waals surface area contributed by atoms with Crippen molar-refractivity contribution in [1.29, 1.82) is 0 Å². The zero-order valence-corrected chi connectivity index (χ0v) is 7.72. The Balaban J connectivity index is 3.09. The molecule has 1 aromatic heterocycles. The van der Waals surface area contributed by atoms with Crippen molar-refractivity contribution >= 4 is 15.7 Å². The van der Waals surface area contributed by atoms with Crippen molar-refractivity contribution in [2.45, 2.75) is 4.90 Å². The van der Waals surface area contributed by atoms with E-state index in [9.17, 15) is 8.42 Å². The smallest absolute Gasteiger partial charge is 0.177 e. The first-order valence-electron chi connectivity index (χ1n) is 3.38. The van der Waals surface area contributed by atoms with Gasteiger partial charge >= 0.3 is 0 Å². The zero-order valence-electron chi connectivity index (χ0n) is 6.90. The summed E-state index contributed by atoms with van der Waals surface area (Å²) in [6.07, 6.45) is 2.49. The highest BCUT2D eigenvalue weighted by atomic mass is 32.2. The summed E-state index contributed by atoms with van der Waals surface area (Å²) in [5.74, 6) is 0.655. The van der Waals surface area contributed by atoms with Gasteiger partial charge in [0, 0.05) is 19.5 Å². The second-order valence-electron chi connectivity index (χ2n) is 2.40. The van der Waals surface area contributed by atoms with E-state index in [2.05, 4.69) is 10.3 Å². The molecule has 0 unspecified atom stereocenters. The molecule has 0 aromatic carbocycles. The molecule has 0 bridgehead atoms. The molecule has 0 saturated carbocycles. The van der Waals surface area contributed by atoms with E-state index in [4.69, 9.17) is 0 Å². The number of aromatic nitrogens is 1. The second kappa shape index (κ2) is 3.10. The summed E-state index contributed by atoms with van der Waals surface area (Å²) in [5.41, 5.74) is 0. The van der Waals surface area contributed by atoms with Crippen LogP contribution in [-0.4, -0.2) is 26.7 Å². The van der Waals surface area contributed by atoms with Gasteiger partial charge in [0.15, 0.2) is 9.84 Å². The minimum absolute atomic E-state index is 0.238. The Kier molecular flexibility index (Phi) is 2.32. The number of rotatable bonds is 2. The van der Waals surface area contributed by atoms with Crippen molar-refractivity contribution in [2.75, 3.05) is 18.6 Å². The molecule has 4 nitrogen and oxygen atoms in total. The van der Waals surface area contributed by atoms with Crippen molar-refractivity contribution in [1.82, 2.24) is 4.98 Å². The van der Waals surface area contributed by atoms with Crippen LogP contribution >= 0.6 is 0 Å². The molecule has 0 fully saturated rings. The fraction of sp³-hybridized carbons (Fsp3) is 0.286. The minimum Gasteiger partial charge on any atom is -0.373 e. The second-order valence-corrected chi connectivity index (χ2v) is 4.42. The highest BCUT2D eigenvalue weighted by Gasteiger charge is 2.05. The average Bonchev–Trinajstić information content (AvgIpc) is 2.03. The highest BCUT2D eigenvalue weighted by molar-refractivity contribution is 7.90. The molecule has 0 spiro atoms. The van der Waals surface area contributed by atoms with Gasteiger partial charge in [-0.2, -0.15) is 0 Å². The third-order valence-electron chi connectivity index (χ3n) is 1.42.